The SMILES string of the molecule is COc1ccc(OC[C@@H](C)NC(=O)CCSc2ccccc2)cc1. The number of hydrogen-bond donors (Lipinski definition) is 1. The van der Waals surface area contributed by atoms with Crippen molar-refractivity contribution in [1.29, 1.82) is 0 Å². The van der Waals surface area contributed by atoms with E-state index < -0.39 is 0 Å². The molecule has 2 aromatic rings. The average Bonchev–Trinajstić information content (AvgIpc) is 2.61. The summed E-state index contributed by atoms with van der Waals surface area (Å²) >= 11 is 1.69. The van der Waals surface area contributed by atoms with Crippen molar-refractivity contribution in [1.82, 2.24) is 5.32 Å². The number of carbonyl (C=O) groups is 1. The van der Waals surface area contributed by atoms with Gasteiger partial charge in [-0.25, -0.2) is 0 Å². The number of ether oxygens (including phenoxy) is 2. The molecule has 0 aliphatic heterocycles. The van der Waals surface area contributed by atoms with E-state index in [0.717, 1.165) is 17.3 Å². The highest BCUT2D eigenvalue weighted by atomic mass is 32.2. The molecule has 1 N–H and O–H groups in total. The Morgan fingerprint density at radius 2 is 1.75 bits per heavy atom. The molecule has 24 heavy (non-hydrogen) atoms. The van der Waals surface area contributed by atoms with Crippen molar-refractivity contribution in [2.24, 2.45) is 0 Å². The second kappa shape index (κ2) is 9.88. The number of carbonyl (C=O) groups excluding carboxylic acids is 1. The van der Waals surface area contributed by atoms with Crippen LogP contribution in [0.25, 0.3) is 0 Å². The largest absolute Gasteiger partial charge is 0.497 e. The fourth-order valence-electron chi connectivity index (χ4n) is 2.06. The molecule has 0 unspecified atom stereocenters. The minimum absolute atomic E-state index is 0.0404. The molecule has 0 aliphatic carbocycles. The Morgan fingerprint density at radius 3 is 2.42 bits per heavy atom. The van der Waals surface area contributed by atoms with Gasteiger partial charge in [-0.2, -0.15) is 0 Å². The Balaban J connectivity index is 1.63. The van der Waals surface area contributed by atoms with Crippen LogP contribution in [0.3, 0.4) is 0 Å². The van der Waals surface area contributed by atoms with E-state index in [2.05, 4.69) is 5.32 Å². The lowest BCUT2D eigenvalue weighted by Crippen LogP contribution is -2.36. The van der Waals surface area contributed by atoms with Gasteiger partial charge >= 0.3 is 0 Å². The van der Waals surface area contributed by atoms with Gasteiger partial charge in [0.05, 0.1) is 13.2 Å². The second-order valence-electron chi connectivity index (χ2n) is 5.37. The maximum Gasteiger partial charge on any atom is 0.221 e. The molecule has 0 saturated heterocycles. The van der Waals surface area contributed by atoms with Gasteiger partial charge < -0.3 is 14.8 Å². The summed E-state index contributed by atoms with van der Waals surface area (Å²) in [5, 5.41) is 2.96. The van der Waals surface area contributed by atoms with E-state index in [-0.39, 0.29) is 11.9 Å². The third kappa shape index (κ3) is 6.54. The van der Waals surface area contributed by atoms with Gasteiger partial charge in [-0.1, -0.05) is 18.2 Å². The van der Waals surface area contributed by atoms with Gasteiger partial charge in [0.2, 0.25) is 5.91 Å². The summed E-state index contributed by atoms with van der Waals surface area (Å²) in [5.41, 5.74) is 0. The highest BCUT2D eigenvalue weighted by Crippen LogP contribution is 2.18. The Hall–Kier alpha value is -2.14. The minimum Gasteiger partial charge on any atom is -0.497 e. The number of thioether (sulfide) groups is 1. The molecule has 0 saturated carbocycles. The fourth-order valence-corrected chi connectivity index (χ4v) is 2.93. The molecular formula is C19H23NO3S. The molecule has 0 bridgehead atoms. The molecular weight excluding hydrogens is 322 g/mol. The van der Waals surface area contributed by atoms with Crippen molar-refractivity contribution in [2.45, 2.75) is 24.3 Å². The maximum absolute atomic E-state index is 11.9. The smallest absolute Gasteiger partial charge is 0.221 e. The number of rotatable bonds is 9. The second-order valence-corrected chi connectivity index (χ2v) is 6.53. The lowest BCUT2D eigenvalue weighted by Gasteiger charge is -2.15. The standard InChI is InChI=1S/C19H23NO3S/c1-15(14-23-17-10-8-16(22-2)9-11-17)20-19(21)12-13-24-18-6-4-3-5-7-18/h3-11,15H,12-14H2,1-2H3,(H,20,21)/t15-/m1/s1. The van der Waals surface area contributed by atoms with Gasteiger partial charge in [0, 0.05) is 17.1 Å². The molecule has 4 nitrogen and oxygen atoms in total. The predicted octanol–water partition coefficient (Wildman–Crippen LogP) is 3.76. The first kappa shape index (κ1) is 18.2. The summed E-state index contributed by atoms with van der Waals surface area (Å²) in [4.78, 5) is 13.1. The molecule has 2 aromatic carbocycles. The quantitative estimate of drug-likeness (QED) is 0.703. The monoisotopic (exact) mass is 345 g/mol. The molecule has 0 spiro atoms. The first-order chi connectivity index (χ1) is 11.7. The lowest BCUT2D eigenvalue weighted by atomic mass is 10.3. The first-order valence-electron chi connectivity index (χ1n) is 7.91. The number of amides is 1. The molecule has 1 atom stereocenters. The van der Waals surface area contributed by atoms with E-state index in [9.17, 15) is 4.79 Å². The Morgan fingerprint density at radius 1 is 1.08 bits per heavy atom. The summed E-state index contributed by atoms with van der Waals surface area (Å²) in [5.74, 6) is 2.36. The van der Waals surface area contributed by atoms with Gasteiger partial charge in [-0.15, -0.1) is 11.8 Å². The highest BCUT2D eigenvalue weighted by Gasteiger charge is 2.08. The summed E-state index contributed by atoms with van der Waals surface area (Å²) in [6.07, 6.45) is 0.492. The van der Waals surface area contributed by atoms with Crippen LogP contribution < -0.4 is 14.8 Å². The van der Waals surface area contributed by atoms with Crippen LogP contribution in [-0.4, -0.2) is 31.4 Å². The molecule has 5 heteroatoms. The van der Waals surface area contributed by atoms with Crippen molar-refractivity contribution in [3.63, 3.8) is 0 Å². The number of nitrogens with one attached hydrogen (secondary N) is 1. The van der Waals surface area contributed by atoms with E-state index >= 15 is 0 Å². The van der Waals surface area contributed by atoms with Crippen molar-refractivity contribution in [3.8, 4) is 11.5 Å². The van der Waals surface area contributed by atoms with E-state index in [1.807, 2.05) is 61.5 Å². The zero-order chi connectivity index (χ0) is 17.2. The highest BCUT2D eigenvalue weighted by molar-refractivity contribution is 7.99. The van der Waals surface area contributed by atoms with Crippen molar-refractivity contribution < 1.29 is 14.3 Å². The summed E-state index contributed by atoms with van der Waals surface area (Å²) in [6.45, 7) is 2.37. The Kier molecular flexibility index (Phi) is 7.49. The zero-order valence-corrected chi connectivity index (χ0v) is 14.8. The van der Waals surface area contributed by atoms with Gasteiger partial charge in [-0.05, 0) is 43.3 Å². The van der Waals surface area contributed by atoms with Crippen molar-refractivity contribution in [2.75, 3.05) is 19.5 Å². The van der Waals surface area contributed by atoms with Crippen LogP contribution in [0.2, 0.25) is 0 Å². The normalized spacial score (nSPS) is 11.6. The molecule has 0 radical (unpaired) electrons. The maximum atomic E-state index is 11.9. The van der Waals surface area contributed by atoms with E-state index in [4.69, 9.17) is 9.47 Å². The van der Waals surface area contributed by atoms with Gasteiger partial charge in [0.15, 0.2) is 0 Å². The van der Waals surface area contributed by atoms with Crippen molar-refractivity contribution >= 4 is 17.7 Å². The van der Waals surface area contributed by atoms with Gasteiger partial charge in [0.25, 0.3) is 0 Å². The van der Waals surface area contributed by atoms with Crippen LogP contribution in [0, 0.1) is 0 Å². The lowest BCUT2D eigenvalue weighted by molar-refractivity contribution is -0.121. The third-order valence-corrected chi connectivity index (χ3v) is 4.32. The van der Waals surface area contributed by atoms with Crippen LogP contribution in [0.1, 0.15) is 13.3 Å². The summed E-state index contributed by atoms with van der Waals surface area (Å²) < 4.78 is 10.8. The summed E-state index contributed by atoms with van der Waals surface area (Å²) in [7, 11) is 1.63. The molecule has 0 fully saturated rings. The van der Waals surface area contributed by atoms with Gasteiger partial charge in [-0.3, -0.25) is 4.79 Å². The Bertz CT molecular complexity index is 616. The van der Waals surface area contributed by atoms with E-state index in [1.165, 1.54) is 4.90 Å². The molecule has 2 rings (SSSR count). The predicted molar refractivity (Wildman–Crippen MR) is 97.9 cm³/mol. The van der Waals surface area contributed by atoms with Crippen molar-refractivity contribution in [3.05, 3.63) is 54.6 Å². The van der Waals surface area contributed by atoms with Crippen LogP contribution >= 0.6 is 11.8 Å². The molecule has 1 amide bonds. The van der Waals surface area contributed by atoms with Crippen LogP contribution in [-0.2, 0) is 4.79 Å². The molecule has 128 valence electrons. The molecule has 0 aromatic heterocycles. The molecule has 0 aliphatic rings. The Labute approximate surface area is 147 Å². The van der Waals surface area contributed by atoms with Crippen LogP contribution in [0.15, 0.2) is 59.5 Å². The van der Waals surface area contributed by atoms with Crippen LogP contribution in [0.5, 0.6) is 11.5 Å². The topological polar surface area (TPSA) is 47.6 Å². The zero-order valence-electron chi connectivity index (χ0n) is 14.0. The van der Waals surface area contributed by atoms with Crippen LogP contribution in [0.4, 0.5) is 0 Å². The molecule has 0 heterocycles. The number of benzene rings is 2. The number of methoxy groups -OCH3 is 1. The third-order valence-electron chi connectivity index (χ3n) is 3.31. The fraction of sp³-hybridized carbons (Fsp3) is 0.316. The van der Waals surface area contributed by atoms with E-state index in [0.29, 0.717) is 13.0 Å². The van der Waals surface area contributed by atoms with Gasteiger partial charge in [0.1, 0.15) is 18.1 Å². The number of hydrogen-bond acceptors (Lipinski definition) is 4. The summed E-state index contributed by atoms with van der Waals surface area (Å²) in [6, 6.07) is 17.4. The minimum atomic E-state index is -0.0404. The van der Waals surface area contributed by atoms with E-state index in [1.54, 1.807) is 18.9 Å². The first-order valence-corrected chi connectivity index (χ1v) is 8.90. The average molecular weight is 345 g/mol.